The third-order valence-corrected chi connectivity index (χ3v) is 6.37. The number of piperazine rings is 2. The van der Waals surface area contributed by atoms with Gasteiger partial charge in [0.05, 0.1) is 6.20 Å². The molecule has 0 radical (unpaired) electrons. The van der Waals surface area contributed by atoms with E-state index >= 15 is 0 Å². The number of aromatic nitrogens is 3. The summed E-state index contributed by atoms with van der Waals surface area (Å²) in [6.07, 6.45) is 1.62. The first kappa shape index (κ1) is 18.2. The van der Waals surface area contributed by atoms with Gasteiger partial charge in [0, 0.05) is 45.3 Å². The van der Waals surface area contributed by atoms with Crippen LogP contribution in [0.15, 0.2) is 6.20 Å². The van der Waals surface area contributed by atoms with E-state index in [1.807, 2.05) is 36.4 Å². The summed E-state index contributed by atoms with van der Waals surface area (Å²) in [7, 11) is 0. The lowest BCUT2D eigenvalue weighted by Gasteiger charge is -2.47. The molecule has 2 aliphatic heterocycles. The lowest BCUT2D eigenvalue weighted by atomic mass is 10.1. The number of rotatable bonds is 1. The number of fused-ring (bicyclic) bond motifs is 2. The fraction of sp³-hybridized carbons (Fsp3) is 0.688. The fourth-order valence-corrected chi connectivity index (χ4v) is 4.96. The van der Waals surface area contributed by atoms with Gasteiger partial charge in [0.25, 0.3) is 0 Å². The Labute approximate surface area is 170 Å². The van der Waals surface area contributed by atoms with Crippen molar-refractivity contribution in [3.05, 3.63) is 9.90 Å². The maximum atomic E-state index is 12.4. The van der Waals surface area contributed by atoms with Crippen LogP contribution in [0.25, 0.3) is 4.96 Å². The molecule has 1 amide bonds. The second-order valence-electron chi connectivity index (χ2n) is 7.72. The lowest BCUT2D eigenvalue weighted by Crippen LogP contribution is -2.63. The zero-order chi connectivity index (χ0) is 18.5. The Kier molecular flexibility index (Phi) is 4.76. The van der Waals surface area contributed by atoms with E-state index in [0.717, 1.165) is 46.5 Å². The molecule has 0 aromatic carbocycles. The van der Waals surface area contributed by atoms with Crippen molar-refractivity contribution in [3.8, 4) is 0 Å². The Morgan fingerprint density at radius 2 is 2.04 bits per heavy atom. The average molecular weight is 490 g/mol. The number of carbonyl (C=O) groups is 1. The number of amides is 1. The molecule has 0 saturated carbocycles. The Bertz CT molecular complexity index is 815. The van der Waals surface area contributed by atoms with Crippen LogP contribution in [-0.2, 0) is 4.74 Å². The summed E-state index contributed by atoms with van der Waals surface area (Å²) in [5.74, 6) is 0. The summed E-state index contributed by atoms with van der Waals surface area (Å²) in [4.78, 5) is 24.3. The first-order chi connectivity index (χ1) is 12.3. The molecule has 1 unspecified atom stereocenters. The van der Waals surface area contributed by atoms with E-state index in [-0.39, 0.29) is 6.09 Å². The van der Waals surface area contributed by atoms with Crippen molar-refractivity contribution < 1.29 is 9.53 Å². The fourth-order valence-electron chi connectivity index (χ4n) is 3.41. The normalized spacial score (nSPS) is 21.9. The predicted molar refractivity (Wildman–Crippen MR) is 109 cm³/mol. The highest BCUT2D eigenvalue weighted by molar-refractivity contribution is 14.1. The van der Waals surface area contributed by atoms with Crippen molar-refractivity contribution in [1.82, 2.24) is 24.4 Å². The second kappa shape index (κ2) is 6.79. The molecule has 4 rings (SSSR count). The van der Waals surface area contributed by atoms with Gasteiger partial charge in [-0.3, -0.25) is 4.90 Å². The van der Waals surface area contributed by atoms with Gasteiger partial charge in [0.2, 0.25) is 10.1 Å². The van der Waals surface area contributed by atoms with E-state index in [4.69, 9.17) is 9.84 Å². The molecule has 4 heterocycles. The van der Waals surface area contributed by atoms with Crippen LogP contribution >= 0.6 is 33.9 Å². The summed E-state index contributed by atoms with van der Waals surface area (Å²) in [5, 5.41) is 5.70. The van der Waals surface area contributed by atoms with Gasteiger partial charge in [0.15, 0.2) is 0 Å². The first-order valence-electron chi connectivity index (χ1n) is 8.77. The number of imidazole rings is 1. The number of anilines is 1. The van der Waals surface area contributed by atoms with Crippen molar-refractivity contribution in [2.75, 3.05) is 44.2 Å². The molecule has 1 atom stereocenters. The third-order valence-electron chi connectivity index (χ3n) is 4.65. The second-order valence-corrected chi connectivity index (χ2v) is 9.76. The van der Waals surface area contributed by atoms with E-state index in [9.17, 15) is 4.79 Å². The molecule has 0 spiro atoms. The van der Waals surface area contributed by atoms with Gasteiger partial charge in [-0.25, -0.2) is 9.78 Å². The Morgan fingerprint density at radius 3 is 2.77 bits per heavy atom. The van der Waals surface area contributed by atoms with Crippen LogP contribution in [0.1, 0.15) is 20.8 Å². The summed E-state index contributed by atoms with van der Waals surface area (Å²) in [6.45, 7) is 10.9. The van der Waals surface area contributed by atoms with Crippen molar-refractivity contribution >= 4 is 50.1 Å². The minimum Gasteiger partial charge on any atom is -0.444 e. The first-order valence-corrected chi connectivity index (χ1v) is 10.7. The van der Waals surface area contributed by atoms with Crippen LogP contribution in [0.2, 0.25) is 0 Å². The number of carbonyl (C=O) groups excluding carboxylic acids is 1. The molecule has 0 N–H and O–H groups in total. The van der Waals surface area contributed by atoms with Gasteiger partial charge in [-0.2, -0.15) is 4.52 Å². The van der Waals surface area contributed by atoms with Crippen molar-refractivity contribution in [2.24, 2.45) is 0 Å². The van der Waals surface area contributed by atoms with Gasteiger partial charge in [0.1, 0.15) is 9.30 Å². The molecule has 2 fully saturated rings. The summed E-state index contributed by atoms with van der Waals surface area (Å²) in [6, 6.07) is 0.306. The average Bonchev–Trinajstić information content (AvgIpc) is 3.15. The quantitative estimate of drug-likeness (QED) is 0.571. The molecule has 10 heteroatoms. The zero-order valence-electron chi connectivity index (χ0n) is 15.2. The molecule has 2 aliphatic rings. The highest BCUT2D eigenvalue weighted by Gasteiger charge is 2.36. The molecular formula is C16H23IN6O2S. The van der Waals surface area contributed by atoms with Crippen molar-refractivity contribution in [3.63, 3.8) is 0 Å². The molecule has 8 nitrogen and oxygen atoms in total. The largest absolute Gasteiger partial charge is 0.444 e. The molecule has 2 saturated heterocycles. The summed E-state index contributed by atoms with van der Waals surface area (Å²) >= 11 is 3.86. The van der Waals surface area contributed by atoms with E-state index in [1.54, 1.807) is 11.3 Å². The Morgan fingerprint density at radius 1 is 1.27 bits per heavy atom. The Balaban J connectivity index is 1.44. The molecule has 2 aromatic heterocycles. The van der Waals surface area contributed by atoms with Crippen molar-refractivity contribution in [1.29, 1.82) is 0 Å². The van der Waals surface area contributed by atoms with Crippen LogP contribution in [0.3, 0.4) is 0 Å². The highest BCUT2D eigenvalue weighted by Crippen LogP contribution is 2.27. The number of hydrogen-bond acceptors (Lipinski definition) is 7. The summed E-state index contributed by atoms with van der Waals surface area (Å²) in [5.41, 5.74) is -0.459. The van der Waals surface area contributed by atoms with E-state index in [2.05, 4.69) is 37.4 Å². The standard InChI is InChI=1S/C16H23IN6O2S/c1-16(2,3)25-15(24)22-7-5-20-4-6-21(9-11(20)10-22)14-19-23-12(17)8-18-13(23)26-14/h8,11H,4-7,9-10H2,1-3H3. The van der Waals surface area contributed by atoms with Crippen LogP contribution in [0.4, 0.5) is 9.93 Å². The number of hydrogen-bond donors (Lipinski definition) is 0. The topological polar surface area (TPSA) is 66.2 Å². The van der Waals surface area contributed by atoms with Gasteiger partial charge in [-0.05, 0) is 43.4 Å². The van der Waals surface area contributed by atoms with Gasteiger partial charge in [-0.15, -0.1) is 5.10 Å². The third kappa shape index (κ3) is 3.63. The minimum atomic E-state index is -0.459. The van der Waals surface area contributed by atoms with Crippen molar-refractivity contribution in [2.45, 2.75) is 32.4 Å². The number of halogens is 1. The molecule has 2 aromatic rings. The number of nitrogens with zero attached hydrogens (tertiary/aromatic N) is 6. The SMILES string of the molecule is CC(C)(C)OC(=O)N1CCN2CCN(c3nn4c(I)cnc4s3)CC2C1. The molecule has 0 bridgehead atoms. The zero-order valence-corrected chi connectivity index (χ0v) is 18.2. The molecule has 0 aliphatic carbocycles. The van der Waals surface area contributed by atoms with Crippen LogP contribution in [0.5, 0.6) is 0 Å². The summed E-state index contributed by atoms with van der Waals surface area (Å²) < 4.78 is 8.45. The van der Waals surface area contributed by atoms with Gasteiger partial charge in [-0.1, -0.05) is 11.3 Å². The monoisotopic (exact) mass is 490 g/mol. The highest BCUT2D eigenvalue weighted by atomic mass is 127. The maximum Gasteiger partial charge on any atom is 0.410 e. The minimum absolute atomic E-state index is 0.212. The molecule has 26 heavy (non-hydrogen) atoms. The van der Waals surface area contributed by atoms with Crippen LogP contribution in [0, 0.1) is 3.70 Å². The van der Waals surface area contributed by atoms with E-state index in [0.29, 0.717) is 12.6 Å². The maximum absolute atomic E-state index is 12.4. The van der Waals surface area contributed by atoms with E-state index < -0.39 is 5.60 Å². The van der Waals surface area contributed by atoms with Crippen LogP contribution < -0.4 is 4.90 Å². The molecular weight excluding hydrogens is 467 g/mol. The predicted octanol–water partition coefficient (Wildman–Crippen LogP) is 2.14. The molecule has 142 valence electrons. The lowest BCUT2D eigenvalue weighted by molar-refractivity contribution is 0.00217. The Hall–Kier alpha value is -1.14. The number of ether oxygens (including phenoxy) is 1. The van der Waals surface area contributed by atoms with Gasteiger partial charge >= 0.3 is 6.09 Å². The van der Waals surface area contributed by atoms with E-state index in [1.165, 1.54) is 0 Å². The van der Waals surface area contributed by atoms with Crippen LogP contribution in [-0.4, -0.2) is 81.4 Å². The van der Waals surface area contributed by atoms with Gasteiger partial charge < -0.3 is 14.5 Å². The smallest absolute Gasteiger partial charge is 0.410 e.